The molecule has 2 N–H and O–H groups in total. The summed E-state index contributed by atoms with van der Waals surface area (Å²) in [6.07, 6.45) is 1.71. The minimum absolute atomic E-state index is 0.0375. The summed E-state index contributed by atoms with van der Waals surface area (Å²) < 4.78 is 25.7. The summed E-state index contributed by atoms with van der Waals surface area (Å²) in [6.45, 7) is 1.81. The van der Waals surface area contributed by atoms with Crippen molar-refractivity contribution >= 4 is 15.9 Å². The van der Waals surface area contributed by atoms with Gasteiger partial charge in [-0.3, -0.25) is 9.59 Å². The van der Waals surface area contributed by atoms with E-state index in [2.05, 4.69) is 10.3 Å². The first-order chi connectivity index (χ1) is 8.91. The zero-order chi connectivity index (χ0) is 14.5. The highest BCUT2D eigenvalue weighted by Gasteiger charge is 2.25. The van der Waals surface area contributed by atoms with E-state index in [4.69, 9.17) is 0 Å². The zero-order valence-electron chi connectivity index (χ0n) is 10.8. The van der Waals surface area contributed by atoms with Gasteiger partial charge >= 0.3 is 0 Å². The Labute approximate surface area is 111 Å². The second-order valence-corrected chi connectivity index (χ2v) is 5.84. The molecule has 8 heteroatoms. The Balaban J connectivity index is 3.08. The number of carbonyl (C=O) groups excluding carboxylic acids is 1. The monoisotopic (exact) mass is 287 g/mol. The Hall–Kier alpha value is -1.67. The highest BCUT2D eigenvalue weighted by atomic mass is 32.2. The number of aromatic nitrogens is 1. The van der Waals surface area contributed by atoms with Crippen molar-refractivity contribution in [2.45, 2.75) is 18.2 Å². The van der Waals surface area contributed by atoms with Crippen LogP contribution in [-0.2, 0) is 14.8 Å². The van der Waals surface area contributed by atoms with Gasteiger partial charge < -0.3 is 10.3 Å². The Kier molecular flexibility index (Phi) is 5.25. The number of sulfonamides is 1. The molecule has 0 unspecified atom stereocenters. The molecule has 0 aliphatic carbocycles. The van der Waals surface area contributed by atoms with E-state index in [1.807, 2.05) is 6.92 Å². The van der Waals surface area contributed by atoms with Crippen LogP contribution in [0.2, 0.25) is 0 Å². The lowest BCUT2D eigenvalue weighted by atomic mass is 10.4. The van der Waals surface area contributed by atoms with Crippen LogP contribution in [0.25, 0.3) is 0 Å². The first-order valence-corrected chi connectivity index (χ1v) is 7.25. The standard InChI is InChI=1S/C11H17N3O4S/c1-3-6-14(8-11(16)12-2)19(17,18)9-4-5-10(15)13-7-9/h4-5,7H,3,6,8H2,1-2H3,(H,12,16)(H,13,15). The molecular weight excluding hydrogens is 270 g/mol. The fourth-order valence-corrected chi connectivity index (χ4v) is 2.93. The van der Waals surface area contributed by atoms with Gasteiger partial charge in [0.25, 0.3) is 0 Å². The molecule has 0 bridgehead atoms. The van der Waals surface area contributed by atoms with E-state index in [0.717, 1.165) is 16.6 Å². The van der Waals surface area contributed by atoms with E-state index in [9.17, 15) is 18.0 Å². The number of pyridine rings is 1. The summed E-state index contributed by atoms with van der Waals surface area (Å²) in [5, 5.41) is 2.38. The SMILES string of the molecule is CCCN(CC(=O)NC)S(=O)(=O)c1ccc(=O)[nH]c1. The average Bonchev–Trinajstić information content (AvgIpc) is 2.38. The number of rotatable bonds is 6. The van der Waals surface area contributed by atoms with Gasteiger partial charge in [-0.2, -0.15) is 4.31 Å². The van der Waals surface area contributed by atoms with Gasteiger partial charge in [0.2, 0.25) is 21.5 Å². The van der Waals surface area contributed by atoms with Crippen LogP contribution in [0.3, 0.4) is 0 Å². The van der Waals surface area contributed by atoms with Crippen molar-refractivity contribution in [2.24, 2.45) is 0 Å². The largest absolute Gasteiger partial charge is 0.358 e. The third kappa shape index (κ3) is 3.90. The number of nitrogens with zero attached hydrogens (tertiary/aromatic N) is 1. The summed E-state index contributed by atoms with van der Waals surface area (Å²) in [6, 6.07) is 2.36. The smallest absolute Gasteiger partial charge is 0.247 e. The first-order valence-electron chi connectivity index (χ1n) is 5.81. The molecule has 1 aromatic heterocycles. The molecule has 0 radical (unpaired) electrons. The van der Waals surface area contributed by atoms with Gasteiger partial charge in [-0.15, -0.1) is 0 Å². The summed E-state index contributed by atoms with van der Waals surface area (Å²) in [5.74, 6) is -0.388. The molecule has 0 atom stereocenters. The Morgan fingerprint density at radius 3 is 2.58 bits per heavy atom. The molecule has 0 saturated heterocycles. The van der Waals surface area contributed by atoms with Crippen LogP contribution in [0.4, 0.5) is 0 Å². The third-order valence-corrected chi connectivity index (χ3v) is 4.31. The van der Waals surface area contributed by atoms with Gasteiger partial charge in [0.05, 0.1) is 11.4 Å². The molecule has 1 amide bonds. The molecule has 7 nitrogen and oxygen atoms in total. The second-order valence-electron chi connectivity index (χ2n) is 3.90. The van der Waals surface area contributed by atoms with Crippen LogP contribution < -0.4 is 10.9 Å². The number of carbonyl (C=O) groups is 1. The van der Waals surface area contributed by atoms with Crippen molar-refractivity contribution in [3.8, 4) is 0 Å². The molecule has 1 rings (SSSR count). The van der Waals surface area contributed by atoms with Gasteiger partial charge in [0.1, 0.15) is 0 Å². The average molecular weight is 287 g/mol. The summed E-state index contributed by atoms with van der Waals surface area (Å²) >= 11 is 0. The van der Waals surface area contributed by atoms with Crippen LogP contribution in [0, 0.1) is 0 Å². The zero-order valence-corrected chi connectivity index (χ0v) is 11.7. The molecule has 19 heavy (non-hydrogen) atoms. The number of H-pyrrole nitrogens is 1. The molecule has 0 aliphatic rings. The molecule has 1 heterocycles. The minimum atomic E-state index is -3.78. The van der Waals surface area contributed by atoms with E-state index in [0.29, 0.717) is 6.42 Å². The molecule has 0 spiro atoms. The van der Waals surface area contributed by atoms with E-state index >= 15 is 0 Å². The number of aromatic amines is 1. The van der Waals surface area contributed by atoms with Crippen LogP contribution in [-0.4, -0.2) is 43.8 Å². The highest BCUT2D eigenvalue weighted by Crippen LogP contribution is 2.13. The van der Waals surface area contributed by atoms with E-state index in [1.165, 1.54) is 13.1 Å². The number of amides is 1. The van der Waals surface area contributed by atoms with Crippen molar-refractivity contribution in [2.75, 3.05) is 20.1 Å². The molecular formula is C11H17N3O4S. The molecule has 0 saturated carbocycles. The first kappa shape index (κ1) is 15.4. The van der Waals surface area contributed by atoms with Gasteiger partial charge in [0, 0.05) is 25.9 Å². The summed E-state index contributed by atoms with van der Waals surface area (Å²) in [4.78, 5) is 24.6. The van der Waals surface area contributed by atoms with Gasteiger partial charge in [-0.25, -0.2) is 8.42 Å². The van der Waals surface area contributed by atoms with Gasteiger partial charge in [-0.05, 0) is 12.5 Å². The van der Waals surface area contributed by atoms with E-state index in [1.54, 1.807) is 0 Å². The van der Waals surface area contributed by atoms with Crippen molar-refractivity contribution in [3.05, 3.63) is 28.7 Å². The summed E-state index contributed by atoms with van der Waals surface area (Å²) in [7, 11) is -2.34. The van der Waals surface area contributed by atoms with E-state index < -0.39 is 10.0 Å². The van der Waals surface area contributed by atoms with E-state index in [-0.39, 0.29) is 29.5 Å². The van der Waals surface area contributed by atoms with Crippen molar-refractivity contribution < 1.29 is 13.2 Å². The number of likely N-dealkylation sites (N-methyl/N-ethyl adjacent to an activating group) is 1. The molecule has 106 valence electrons. The molecule has 0 fully saturated rings. The maximum atomic E-state index is 12.3. The number of hydrogen-bond acceptors (Lipinski definition) is 4. The van der Waals surface area contributed by atoms with Crippen LogP contribution in [0.5, 0.6) is 0 Å². The summed E-state index contributed by atoms with van der Waals surface area (Å²) in [5.41, 5.74) is -0.382. The Morgan fingerprint density at radius 2 is 2.11 bits per heavy atom. The minimum Gasteiger partial charge on any atom is -0.358 e. The van der Waals surface area contributed by atoms with Gasteiger partial charge in [0.15, 0.2) is 0 Å². The predicted molar refractivity (Wildman–Crippen MR) is 70.2 cm³/mol. The number of hydrogen-bond donors (Lipinski definition) is 2. The lowest BCUT2D eigenvalue weighted by Gasteiger charge is -2.20. The fourth-order valence-electron chi connectivity index (χ4n) is 1.48. The Bertz CT molecular complexity index is 574. The van der Waals surface area contributed by atoms with Crippen LogP contribution >= 0.6 is 0 Å². The predicted octanol–water partition coefficient (Wildman–Crippen LogP) is -0.478. The van der Waals surface area contributed by atoms with Crippen molar-refractivity contribution in [1.29, 1.82) is 0 Å². The second kappa shape index (κ2) is 6.48. The number of nitrogens with one attached hydrogen (secondary N) is 2. The normalized spacial score (nSPS) is 11.5. The lowest BCUT2D eigenvalue weighted by molar-refractivity contribution is -0.120. The fraction of sp³-hybridized carbons (Fsp3) is 0.455. The highest BCUT2D eigenvalue weighted by molar-refractivity contribution is 7.89. The molecule has 0 aromatic carbocycles. The van der Waals surface area contributed by atoms with Crippen LogP contribution in [0.15, 0.2) is 28.0 Å². The maximum Gasteiger partial charge on any atom is 0.247 e. The maximum absolute atomic E-state index is 12.3. The Morgan fingerprint density at radius 1 is 1.42 bits per heavy atom. The molecule has 0 aliphatic heterocycles. The quantitative estimate of drug-likeness (QED) is 0.738. The van der Waals surface area contributed by atoms with Gasteiger partial charge in [-0.1, -0.05) is 6.92 Å². The van der Waals surface area contributed by atoms with Crippen molar-refractivity contribution in [3.63, 3.8) is 0 Å². The topological polar surface area (TPSA) is 99.3 Å². The van der Waals surface area contributed by atoms with Crippen LogP contribution in [0.1, 0.15) is 13.3 Å². The lowest BCUT2D eigenvalue weighted by Crippen LogP contribution is -2.40. The van der Waals surface area contributed by atoms with Crippen molar-refractivity contribution in [1.82, 2.24) is 14.6 Å². The molecule has 1 aromatic rings. The third-order valence-electron chi connectivity index (χ3n) is 2.47.